The number of hydrogen-bond donors (Lipinski definition) is 2. The molecule has 0 unspecified atom stereocenters. The third-order valence-corrected chi connectivity index (χ3v) is 2.49. The van der Waals surface area contributed by atoms with Crippen molar-refractivity contribution in [1.29, 1.82) is 0 Å². The molecule has 0 aliphatic rings. The predicted octanol–water partition coefficient (Wildman–Crippen LogP) is 0.175. The van der Waals surface area contributed by atoms with Gasteiger partial charge in [0.25, 0.3) is 10.1 Å². The molecule has 1 aromatic rings. The molecular weight excluding hydrogens is 201 g/mol. The Balaban J connectivity index is 0.00000144. The Morgan fingerprint density at radius 2 is 1.92 bits per heavy atom. The number of nitrogens with two attached hydrogens (primary N) is 1. The molecule has 0 aliphatic heterocycles. The first-order chi connectivity index (χ1) is 5.41. The van der Waals surface area contributed by atoms with Crippen molar-refractivity contribution in [2.24, 2.45) is 0 Å². The molecule has 0 radical (unpaired) electrons. The Kier molecular flexibility index (Phi) is 4.41. The first-order valence-electron chi connectivity index (χ1n) is 3.25. The van der Waals surface area contributed by atoms with Crippen molar-refractivity contribution in [3.63, 3.8) is 0 Å². The van der Waals surface area contributed by atoms with Gasteiger partial charge in [0.05, 0.1) is 4.90 Å². The average Bonchev–Trinajstić information content (AvgIpc) is 1.92. The molecule has 68 valence electrons. The van der Waals surface area contributed by atoms with Gasteiger partial charge in [-0.05, 0) is 24.6 Å². The van der Waals surface area contributed by atoms with E-state index in [2.05, 4.69) is 0 Å². The number of benzene rings is 1. The maximum absolute atomic E-state index is 10.7. The van der Waals surface area contributed by atoms with Crippen molar-refractivity contribution in [3.05, 3.63) is 23.8 Å². The molecule has 0 heterocycles. The molecule has 4 nitrogen and oxygen atoms in total. The Hall–Kier alpha value is -0.0700. The van der Waals surface area contributed by atoms with Gasteiger partial charge in [-0.2, -0.15) is 8.42 Å². The van der Waals surface area contributed by atoms with Gasteiger partial charge in [-0.3, -0.25) is 4.55 Å². The van der Waals surface area contributed by atoms with Crippen LogP contribution in [0.4, 0.5) is 5.69 Å². The monoisotopic (exact) mass is 211 g/mol. The standard InChI is InChI=1S/C7H9NO3S.Na.H/c1-5-2-3-6(8)4-7(5)12(9,10)11;;/h2-4H,8H2,1H3,(H,9,10,11);;. The van der Waals surface area contributed by atoms with E-state index in [1.807, 2.05) is 0 Å². The Morgan fingerprint density at radius 1 is 1.38 bits per heavy atom. The molecule has 1 aromatic carbocycles. The average molecular weight is 211 g/mol. The quantitative estimate of drug-likeness (QED) is 0.394. The number of hydrogen-bond acceptors (Lipinski definition) is 3. The maximum atomic E-state index is 10.7. The molecule has 0 saturated carbocycles. The second-order valence-corrected chi connectivity index (χ2v) is 3.89. The molecule has 13 heavy (non-hydrogen) atoms. The van der Waals surface area contributed by atoms with Crippen molar-refractivity contribution in [2.45, 2.75) is 11.8 Å². The SMILES string of the molecule is Cc1ccc(N)cc1S(=O)(=O)O.[NaH]. The fourth-order valence-electron chi connectivity index (χ4n) is 0.895. The Bertz CT molecular complexity index is 402. The Labute approximate surface area is 99.2 Å². The van der Waals surface area contributed by atoms with Gasteiger partial charge >= 0.3 is 29.6 Å². The third-order valence-electron chi connectivity index (χ3n) is 1.49. The van der Waals surface area contributed by atoms with Crippen LogP contribution in [0.15, 0.2) is 23.1 Å². The molecule has 0 saturated heterocycles. The van der Waals surface area contributed by atoms with Gasteiger partial charge in [-0.1, -0.05) is 6.07 Å². The fraction of sp³-hybridized carbons (Fsp3) is 0.143. The van der Waals surface area contributed by atoms with Crippen LogP contribution in [0, 0.1) is 6.92 Å². The summed E-state index contributed by atoms with van der Waals surface area (Å²) >= 11 is 0. The van der Waals surface area contributed by atoms with Crippen LogP contribution in [0.25, 0.3) is 0 Å². The second-order valence-electron chi connectivity index (χ2n) is 2.50. The van der Waals surface area contributed by atoms with E-state index in [9.17, 15) is 8.42 Å². The number of aryl methyl sites for hydroxylation is 1. The summed E-state index contributed by atoms with van der Waals surface area (Å²) in [5.41, 5.74) is 6.14. The summed E-state index contributed by atoms with van der Waals surface area (Å²) in [6.07, 6.45) is 0. The van der Waals surface area contributed by atoms with Crippen molar-refractivity contribution < 1.29 is 13.0 Å². The van der Waals surface area contributed by atoms with Crippen molar-refractivity contribution in [2.75, 3.05) is 5.73 Å². The minimum absolute atomic E-state index is 0. The molecule has 0 amide bonds. The number of nitrogen functional groups attached to an aromatic ring is 1. The van der Waals surface area contributed by atoms with Crippen LogP contribution in [0.1, 0.15) is 5.56 Å². The molecule has 6 heteroatoms. The van der Waals surface area contributed by atoms with Gasteiger partial charge in [0.1, 0.15) is 0 Å². The Morgan fingerprint density at radius 3 is 2.31 bits per heavy atom. The van der Waals surface area contributed by atoms with E-state index in [1.165, 1.54) is 6.07 Å². The normalized spacial score (nSPS) is 10.6. The van der Waals surface area contributed by atoms with E-state index in [4.69, 9.17) is 10.3 Å². The molecule has 0 bridgehead atoms. The zero-order valence-electron chi connectivity index (χ0n) is 6.48. The van der Waals surface area contributed by atoms with Crippen LogP contribution in [0.3, 0.4) is 0 Å². The molecule has 0 aromatic heterocycles. The summed E-state index contributed by atoms with van der Waals surface area (Å²) in [5.74, 6) is 0. The van der Waals surface area contributed by atoms with Crippen LogP contribution in [-0.4, -0.2) is 42.5 Å². The van der Waals surface area contributed by atoms with E-state index >= 15 is 0 Å². The summed E-state index contributed by atoms with van der Waals surface area (Å²) in [7, 11) is -4.14. The zero-order chi connectivity index (χ0) is 9.35. The van der Waals surface area contributed by atoms with Crippen LogP contribution >= 0.6 is 0 Å². The van der Waals surface area contributed by atoms with E-state index < -0.39 is 10.1 Å². The van der Waals surface area contributed by atoms with E-state index in [0.717, 1.165) is 0 Å². The first-order valence-corrected chi connectivity index (χ1v) is 4.69. The second kappa shape index (κ2) is 4.43. The zero-order valence-corrected chi connectivity index (χ0v) is 7.30. The molecule has 0 atom stereocenters. The van der Waals surface area contributed by atoms with E-state index in [0.29, 0.717) is 11.3 Å². The molecule has 0 spiro atoms. The van der Waals surface area contributed by atoms with Gasteiger partial charge in [-0.15, -0.1) is 0 Å². The topological polar surface area (TPSA) is 80.4 Å². The van der Waals surface area contributed by atoms with Crippen molar-refractivity contribution >= 4 is 45.4 Å². The summed E-state index contributed by atoms with van der Waals surface area (Å²) in [5, 5.41) is 0. The van der Waals surface area contributed by atoms with Crippen LogP contribution < -0.4 is 5.73 Å². The van der Waals surface area contributed by atoms with Crippen LogP contribution in [-0.2, 0) is 10.1 Å². The van der Waals surface area contributed by atoms with E-state index in [1.54, 1.807) is 19.1 Å². The third kappa shape index (κ3) is 3.28. The molecule has 3 N–H and O–H groups in total. The van der Waals surface area contributed by atoms with Gasteiger partial charge < -0.3 is 5.73 Å². The fourth-order valence-corrected chi connectivity index (χ4v) is 1.65. The molecule has 0 aliphatic carbocycles. The van der Waals surface area contributed by atoms with Gasteiger partial charge in [0, 0.05) is 5.69 Å². The number of rotatable bonds is 1. The van der Waals surface area contributed by atoms with Gasteiger partial charge in [0.15, 0.2) is 0 Å². The van der Waals surface area contributed by atoms with Crippen molar-refractivity contribution in [3.8, 4) is 0 Å². The van der Waals surface area contributed by atoms with Gasteiger partial charge in [0.2, 0.25) is 0 Å². The summed E-state index contributed by atoms with van der Waals surface area (Å²) in [6, 6.07) is 4.34. The molecular formula is C7H10NNaO3S. The van der Waals surface area contributed by atoms with Crippen molar-refractivity contribution in [1.82, 2.24) is 0 Å². The van der Waals surface area contributed by atoms with Gasteiger partial charge in [-0.25, -0.2) is 0 Å². The van der Waals surface area contributed by atoms with Crippen LogP contribution in [0.2, 0.25) is 0 Å². The summed E-state index contributed by atoms with van der Waals surface area (Å²) in [4.78, 5) is -0.137. The minimum atomic E-state index is -4.14. The van der Waals surface area contributed by atoms with E-state index in [-0.39, 0.29) is 34.5 Å². The number of anilines is 1. The van der Waals surface area contributed by atoms with Crippen LogP contribution in [0.5, 0.6) is 0 Å². The summed E-state index contributed by atoms with van der Waals surface area (Å²) in [6.45, 7) is 1.59. The predicted molar refractivity (Wildman–Crippen MR) is 52.6 cm³/mol. The first kappa shape index (κ1) is 12.9. The summed E-state index contributed by atoms with van der Waals surface area (Å²) < 4.78 is 30.1. The molecule has 0 fully saturated rings. The molecule has 1 rings (SSSR count).